The van der Waals surface area contributed by atoms with E-state index in [-0.39, 0.29) is 17.5 Å². The fourth-order valence-corrected chi connectivity index (χ4v) is 2.00. The number of thioether (sulfide) groups is 1. The molecule has 1 aromatic heterocycles. The van der Waals surface area contributed by atoms with E-state index < -0.39 is 5.82 Å². The van der Waals surface area contributed by atoms with Gasteiger partial charge in [0.15, 0.2) is 5.82 Å². The summed E-state index contributed by atoms with van der Waals surface area (Å²) in [4.78, 5) is 17.2. The molecule has 1 heterocycles. The maximum Gasteiger partial charge on any atom is 0.256 e. The van der Waals surface area contributed by atoms with Gasteiger partial charge in [-0.25, -0.2) is 4.39 Å². The van der Waals surface area contributed by atoms with E-state index in [1.807, 2.05) is 13.2 Å². The smallest absolute Gasteiger partial charge is 0.256 e. The van der Waals surface area contributed by atoms with Gasteiger partial charge in [-0.1, -0.05) is 0 Å². The highest BCUT2D eigenvalue weighted by Crippen LogP contribution is 2.12. The van der Waals surface area contributed by atoms with Crippen molar-refractivity contribution in [2.75, 3.05) is 19.1 Å². The van der Waals surface area contributed by atoms with Crippen molar-refractivity contribution in [3.63, 3.8) is 0 Å². The lowest BCUT2D eigenvalue weighted by Crippen LogP contribution is -2.35. The molecule has 3 nitrogen and oxygen atoms in total. The first kappa shape index (κ1) is 14.0. The second-order valence-corrected chi connectivity index (χ2v) is 4.89. The van der Waals surface area contributed by atoms with Gasteiger partial charge in [-0.3, -0.25) is 9.78 Å². The molecule has 0 bridgehead atoms. The van der Waals surface area contributed by atoms with E-state index in [0.29, 0.717) is 0 Å². The number of amides is 1. The highest BCUT2D eigenvalue weighted by atomic mass is 32.2. The van der Waals surface area contributed by atoms with Crippen LogP contribution >= 0.6 is 11.8 Å². The summed E-state index contributed by atoms with van der Waals surface area (Å²) in [6.07, 6.45) is 5.41. The molecule has 0 saturated carbocycles. The Labute approximate surface area is 105 Å². The zero-order valence-corrected chi connectivity index (χ0v) is 11.1. The molecule has 0 aromatic carbocycles. The molecule has 1 unspecified atom stereocenters. The quantitative estimate of drug-likeness (QED) is 0.811. The Bertz CT molecular complexity index is 387. The summed E-state index contributed by atoms with van der Waals surface area (Å²) in [7, 11) is 1.70. The van der Waals surface area contributed by atoms with Gasteiger partial charge in [0.2, 0.25) is 0 Å². The summed E-state index contributed by atoms with van der Waals surface area (Å²) in [6, 6.07) is 1.51. The highest BCUT2D eigenvalue weighted by Gasteiger charge is 2.19. The topological polar surface area (TPSA) is 33.2 Å². The van der Waals surface area contributed by atoms with E-state index in [4.69, 9.17) is 0 Å². The molecule has 0 fully saturated rings. The van der Waals surface area contributed by atoms with Crippen LogP contribution in [0.25, 0.3) is 0 Å². The van der Waals surface area contributed by atoms with Crippen LogP contribution in [-0.2, 0) is 0 Å². The summed E-state index contributed by atoms with van der Waals surface area (Å²) in [6.45, 7) is 1.97. The van der Waals surface area contributed by atoms with E-state index in [1.54, 1.807) is 23.7 Å². The first-order chi connectivity index (χ1) is 8.07. The van der Waals surface area contributed by atoms with Gasteiger partial charge in [0.25, 0.3) is 5.91 Å². The lowest BCUT2D eigenvalue weighted by molar-refractivity contribution is 0.0736. The third-order valence-corrected chi connectivity index (χ3v) is 3.37. The number of nitrogens with zero attached hydrogens (tertiary/aromatic N) is 2. The predicted octanol–water partition coefficient (Wildman–Crippen LogP) is 2.43. The molecule has 0 spiro atoms. The molecule has 94 valence electrons. The Kier molecular flexibility index (Phi) is 5.41. The van der Waals surface area contributed by atoms with Crippen molar-refractivity contribution in [3.8, 4) is 0 Å². The number of halogens is 1. The summed E-state index contributed by atoms with van der Waals surface area (Å²) in [5.74, 6) is 0.123. The Morgan fingerprint density at radius 2 is 2.35 bits per heavy atom. The van der Waals surface area contributed by atoms with Crippen molar-refractivity contribution in [1.29, 1.82) is 0 Å². The Morgan fingerprint density at radius 1 is 1.65 bits per heavy atom. The van der Waals surface area contributed by atoms with E-state index in [0.717, 1.165) is 18.4 Å². The molecule has 0 saturated heterocycles. The molecule has 1 atom stereocenters. The first-order valence-electron chi connectivity index (χ1n) is 5.43. The number of aromatic nitrogens is 1. The van der Waals surface area contributed by atoms with E-state index in [9.17, 15) is 9.18 Å². The van der Waals surface area contributed by atoms with Crippen LogP contribution in [0.15, 0.2) is 18.5 Å². The summed E-state index contributed by atoms with van der Waals surface area (Å²) in [5, 5.41) is 0. The Morgan fingerprint density at radius 3 is 2.94 bits per heavy atom. The lowest BCUT2D eigenvalue weighted by atomic mass is 10.1. The summed E-state index contributed by atoms with van der Waals surface area (Å²) >= 11 is 1.74. The zero-order valence-electron chi connectivity index (χ0n) is 10.3. The Hall–Kier alpha value is -1.10. The van der Waals surface area contributed by atoms with Gasteiger partial charge < -0.3 is 4.90 Å². The monoisotopic (exact) mass is 256 g/mol. The number of carbonyl (C=O) groups is 1. The molecule has 5 heteroatoms. The standard InChI is InChI=1S/C12H17FN2OS/c1-9(5-7-17-3)15(2)12(16)10-4-6-14-8-11(10)13/h4,6,8-9H,5,7H2,1-3H3. The van der Waals surface area contributed by atoms with Gasteiger partial charge in [-0.05, 0) is 31.4 Å². The minimum atomic E-state index is -0.568. The first-order valence-corrected chi connectivity index (χ1v) is 6.83. The van der Waals surface area contributed by atoms with Gasteiger partial charge in [0, 0.05) is 19.3 Å². The van der Waals surface area contributed by atoms with Crippen molar-refractivity contribution in [2.24, 2.45) is 0 Å². The zero-order chi connectivity index (χ0) is 12.8. The maximum absolute atomic E-state index is 13.4. The second kappa shape index (κ2) is 6.59. The molecule has 17 heavy (non-hydrogen) atoms. The molecule has 1 rings (SSSR count). The van der Waals surface area contributed by atoms with Crippen molar-refractivity contribution in [3.05, 3.63) is 29.8 Å². The van der Waals surface area contributed by atoms with Crippen LogP contribution in [0.4, 0.5) is 4.39 Å². The van der Waals surface area contributed by atoms with Gasteiger partial charge >= 0.3 is 0 Å². The van der Waals surface area contributed by atoms with Crippen LogP contribution < -0.4 is 0 Å². The van der Waals surface area contributed by atoms with E-state index in [2.05, 4.69) is 4.98 Å². The molecule has 1 aromatic rings. The van der Waals surface area contributed by atoms with Crippen molar-refractivity contribution in [1.82, 2.24) is 9.88 Å². The molecule has 0 aliphatic carbocycles. The van der Waals surface area contributed by atoms with Crippen molar-refractivity contribution in [2.45, 2.75) is 19.4 Å². The van der Waals surface area contributed by atoms with E-state index >= 15 is 0 Å². The molecule has 0 radical (unpaired) electrons. The molecule has 0 aliphatic rings. The van der Waals surface area contributed by atoms with Crippen LogP contribution in [0.3, 0.4) is 0 Å². The van der Waals surface area contributed by atoms with Crippen LogP contribution in [0.5, 0.6) is 0 Å². The number of rotatable bonds is 5. The van der Waals surface area contributed by atoms with Crippen molar-refractivity contribution >= 4 is 17.7 Å². The third-order valence-electron chi connectivity index (χ3n) is 2.72. The van der Waals surface area contributed by atoms with Crippen LogP contribution in [0.2, 0.25) is 0 Å². The minimum Gasteiger partial charge on any atom is -0.339 e. The second-order valence-electron chi connectivity index (χ2n) is 3.90. The van der Waals surface area contributed by atoms with Gasteiger partial charge in [-0.2, -0.15) is 11.8 Å². The Balaban J connectivity index is 2.73. The molecule has 1 amide bonds. The fourth-order valence-electron chi connectivity index (χ4n) is 1.42. The average Bonchev–Trinajstić information content (AvgIpc) is 2.34. The van der Waals surface area contributed by atoms with Gasteiger partial charge in [0.05, 0.1) is 11.8 Å². The minimum absolute atomic E-state index is 0.0819. The van der Waals surface area contributed by atoms with Gasteiger partial charge in [0.1, 0.15) is 0 Å². The average molecular weight is 256 g/mol. The van der Waals surface area contributed by atoms with Crippen LogP contribution in [0.1, 0.15) is 23.7 Å². The number of hydrogen-bond acceptors (Lipinski definition) is 3. The highest BCUT2D eigenvalue weighted by molar-refractivity contribution is 7.98. The number of hydrogen-bond donors (Lipinski definition) is 0. The van der Waals surface area contributed by atoms with Gasteiger partial charge in [-0.15, -0.1) is 0 Å². The number of pyridine rings is 1. The largest absolute Gasteiger partial charge is 0.339 e. The number of carbonyl (C=O) groups excluding carboxylic acids is 1. The van der Waals surface area contributed by atoms with E-state index in [1.165, 1.54) is 12.3 Å². The molecule has 0 aliphatic heterocycles. The molecular weight excluding hydrogens is 239 g/mol. The van der Waals surface area contributed by atoms with Crippen molar-refractivity contribution < 1.29 is 9.18 Å². The summed E-state index contributed by atoms with van der Waals surface area (Å²) < 4.78 is 13.4. The third kappa shape index (κ3) is 3.70. The van der Waals surface area contributed by atoms with Crippen LogP contribution in [-0.4, -0.2) is 40.9 Å². The fraction of sp³-hybridized carbons (Fsp3) is 0.500. The normalized spacial score (nSPS) is 12.2. The maximum atomic E-state index is 13.4. The predicted molar refractivity (Wildman–Crippen MR) is 68.7 cm³/mol. The summed E-state index contributed by atoms with van der Waals surface area (Å²) in [5.41, 5.74) is 0.0819. The molecular formula is C12H17FN2OS. The SMILES string of the molecule is CSCCC(C)N(C)C(=O)c1ccncc1F. The lowest BCUT2D eigenvalue weighted by Gasteiger charge is -2.24. The molecule has 0 N–H and O–H groups in total. The van der Waals surface area contributed by atoms with Crippen LogP contribution in [0, 0.1) is 5.82 Å².